The van der Waals surface area contributed by atoms with Gasteiger partial charge in [-0.25, -0.2) is 4.39 Å². The van der Waals surface area contributed by atoms with Gasteiger partial charge in [-0.05, 0) is 69.6 Å². The van der Waals surface area contributed by atoms with Gasteiger partial charge in [-0.2, -0.15) is 0 Å². The zero-order valence-corrected chi connectivity index (χ0v) is 18.3. The zero-order chi connectivity index (χ0) is 21.9. The fourth-order valence-electron chi connectivity index (χ4n) is 8.08. The summed E-state index contributed by atoms with van der Waals surface area (Å²) in [4.78, 5) is 25.0. The van der Waals surface area contributed by atoms with Crippen LogP contribution in [0.4, 0.5) is 4.39 Å². The Hall–Kier alpha value is -1.37. The molecule has 30 heavy (non-hydrogen) atoms. The summed E-state index contributed by atoms with van der Waals surface area (Å²) < 4.78 is 28.0. The lowest BCUT2D eigenvalue weighted by molar-refractivity contribution is -0.225. The van der Waals surface area contributed by atoms with E-state index in [4.69, 9.17) is 9.47 Å². The maximum absolute atomic E-state index is 15.4. The first kappa shape index (κ1) is 20.5. The second-order valence-electron chi connectivity index (χ2n) is 10.9. The number of ketones is 2. The Bertz CT molecular complexity index is 892. The van der Waals surface area contributed by atoms with Crippen molar-refractivity contribution >= 4 is 11.6 Å². The number of Topliss-reactive ketones (excluding diaryl/α,β-unsaturated/α-hetero) is 1. The summed E-state index contributed by atoms with van der Waals surface area (Å²) in [6.45, 7) is 9.13. The van der Waals surface area contributed by atoms with Crippen molar-refractivity contribution in [2.45, 2.75) is 83.6 Å². The highest BCUT2D eigenvalue weighted by atomic mass is 19.1. The van der Waals surface area contributed by atoms with Crippen molar-refractivity contribution in [3.63, 3.8) is 0 Å². The van der Waals surface area contributed by atoms with E-state index in [0.29, 0.717) is 18.4 Å². The van der Waals surface area contributed by atoms with Crippen LogP contribution < -0.4 is 0 Å². The Kier molecular flexibility index (Phi) is 4.04. The first-order valence-electron chi connectivity index (χ1n) is 11.0. The summed E-state index contributed by atoms with van der Waals surface area (Å²) in [6, 6.07) is 0. The Labute approximate surface area is 176 Å². The van der Waals surface area contributed by atoms with Crippen LogP contribution in [-0.4, -0.2) is 46.4 Å². The molecule has 4 aliphatic carbocycles. The van der Waals surface area contributed by atoms with E-state index in [-0.39, 0.29) is 35.7 Å². The highest BCUT2D eigenvalue weighted by Gasteiger charge is 2.76. The summed E-state index contributed by atoms with van der Waals surface area (Å²) in [5, 5.41) is 11.4. The highest BCUT2D eigenvalue weighted by Crippen LogP contribution is 2.70. The van der Waals surface area contributed by atoms with E-state index in [1.807, 2.05) is 27.7 Å². The summed E-state index contributed by atoms with van der Waals surface area (Å²) in [7, 11) is 0. The number of aliphatic hydroxyl groups excluding tert-OH is 1. The van der Waals surface area contributed by atoms with Gasteiger partial charge in [0.25, 0.3) is 0 Å². The number of carbonyl (C=O) groups is 2. The number of hydrogen-bond donors (Lipinski definition) is 1. The van der Waals surface area contributed by atoms with Crippen molar-refractivity contribution in [2.24, 2.45) is 28.6 Å². The molecular weight excluding hydrogens is 387 g/mol. The summed E-state index contributed by atoms with van der Waals surface area (Å²) in [5.41, 5.74) is -2.01. The maximum Gasteiger partial charge on any atom is 0.178 e. The molecule has 5 aliphatic rings. The molecule has 4 fully saturated rings. The second-order valence-corrected chi connectivity index (χ2v) is 10.9. The first-order valence-corrected chi connectivity index (χ1v) is 11.0. The van der Waals surface area contributed by atoms with Crippen LogP contribution in [0.2, 0.25) is 0 Å². The van der Waals surface area contributed by atoms with Gasteiger partial charge in [-0.3, -0.25) is 9.59 Å². The third kappa shape index (κ3) is 2.28. The fourth-order valence-corrected chi connectivity index (χ4v) is 8.08. The summed E-state index contributed by atoms with van der Waals surface area (Å²) in [6.07, 6.45) is 3.54. The maximum atomic E-state index is 15.4. The molecular formula is C24H31FO5. The molecule has 0 unspecified atom stereocenters. The normalized spacial score (nSPS) is 53.4. The molecule has 0 aromatic heterocycles. The molecule has 5 nitrogen and oxygen atoms in total. The van der Waals surface area contributed by atoms with E-state index in [0.717, 1.165) is 0 Å². The van der Waals surface area contributed by atoms with Crippen molar-refractivity contribution in [1.29, 1.82) is 0 Å². The predicted octanol–water partition coefficient (Wildman–Crippen LogP) is 3.30. The van der Waals surface area contributed by atoms with Crippen LogP contribution in [0, 0.1) is 28.6 Å². The van der Waals surface area contributed by atoms with Crippen LogP contribution in [0.1, 0.15) is 53.9 Å². The van der Waals surface area contributed by atoms with Crippen LogP contribution in [0.15, 0.2) is 23.8 Å². The number of ether oxygens (including phenoxy) is 2. The average molecular weight is 419 g/mol. The van der Waals surface area contributed by atoms with Gasteiger partial charge in [0.05, 0.1) is 12.2 Å². The summed E-state index contributed by atoms with van der Waals surface area (Å²) in [5.74, 6) is -1.53. The van der Waals surface area contributed by atoms with Crippen molar-refractivity contribution in [1.82, 2.24) is 0 Å². The molecule has 5 rings (SSSR count). The minimum atomic E-state index is -1.24. The fraction of sp³-hybridized carbons (Fsp3) is 0.750. The molecule has 1 aliphatic heterocycles. The number of fused-ring (bicyclic) bond motifs is 7. The molecule has 164 valence electrons. The SMILES string of the molecule is CC(=O)[C@@]12OC(C)(C)O[C@@H]1C[C@H]1[C@@H]3C[C@H](F)C4=CC(=O)C=C[C@]4(C)[C@H]3[C@@H](O)C[C@@]12C. The van der Waals surface area contributed by atoms with E-state index in [2.05, 4.69) is 0 Å². The number of hydrogen-bond acceptors (Lipinski definition) is 5. The molecule has 0 aromatic rings. The number of halogens is 1. The van der Waals surface area contributed by atoms with Crippen molar-refractivity contribution in [3.8, 4) is 0 Å². The van der Waals surface area contributed by atoms with Crippen molar-refractivity contribution in [2.75, 3.05) is 0 Å². The molecule has 0 bridgehead atoms. The average Bonchev–Trinajstić information content (AvgIpc) is 3.03. The Balaban J connectivity index is 1.61. The van der Waals surface area contributed by atoms with Crippen LogP contribution in [0.5, 0.6) is 0 Å². The van der Waals surface area contributed by atoms with Gasteiger partial charge in [-0.1, -0.05) is 19.9 Å². The molecule has 9 atom stereocenters. The molecule has 6 heteroatoms. The van der Waals surface area contributed by atoms with Crippen LogP contribution in [0.3, 0.4) is 0 Å². The third-order valence-corrected chi connectivity index (χ3v) is 8.99. The number of alkyl halides is 1. The molecule has 0 aromatic carbocycles. The molecule has 1 saturated heterocycles. The van der Waals surface area contributed by atoms with Gasteiger partial charge in [0, 0.05) is 16.7 Å². The lowest BCUT2D eigenvalue weighted by atomic mass is 9.46. The van der Waals surface area contributed by atoms with Crippen molar-refractivity contribution < 1.29 is 28.6 Å². The lowest BCUT2D eigenvalue weighted by Crippen LogP contribution is -2.63. The van der Waals surface area contributed by atoms with Gasteiger partial charge in [0.1, 0.15) is 6.17 Å². The van der Waals surface area contributed by atoms with E-state index < -0.39 is 40.6 Å². The number of rotatable bonds is 1. The topological polar surface area (TPSA) is 72.8 Å². The van der Waals surface area contributed by atoms with Crippen LogP contribution in [0.25, 0.3) is 0 Å². The smallest absolute Gasteiger partial charge is 0.178 e. The molecule has 3 saturated carbocycles. The largest absolute Gasteiger partial charge is 0.393 e. The molecule has 0 radical (unpaired) electrons. The zero-order valence-electron chi connectivity index (χ0n) is 18.3. The number of allylic oxidation sites excluding steroid dienone is 4. The van der Waals surface area contributed by atoms with Gasteiger partial charge < -0.3 is 14.6 Å². The van der Waals surface area contributed by atoms with Gasteiger partial charge in [0.15, 0.2) is 23.0 Å². The second kappa shape index (κ2) is 5.90. The van der Waals surface area contributed by atoms with Gasteiger partial charge in [-0.15, -0.1) is 0 Å². The molecule has 1 heterocycles. The van der Waals surface area contributed by atoms with Gasteiger partial charge >= 0.3 is 0 Å². The lowest BCUT2D eigenvalue weighted by Gasteiger charge is -2.60. The van der Waals surface area contributed by atoms with E-state index >= 15 is 4.39 Å². The van der Waals surface area contributed by atoms with E-state index in [1.54, 1.807) is 13.0 Å². The highest BCUT2D eigenvalue weighted by molar-refractivity contribution is 6.01. The van der Waals surface area contributed by atoms with Crippen LogP contribution >= 0.6 is 0 Å². The number of aliphatic hydroxyl groups is 1. The van der Waals surface area contributed by atoms with Crippen LogP contribution in [-0.2, 0) is 19.1 Å². The van der Waals surface area contributed by atoms with E-state index in [1.165, 1.54) is 12.2 Å². The quantitative estimate of drug-likeness (QED) is 0.707. The Morgan fingerprint density at radius 2 is 1.93 bits per heavy atom. The van der Waals surface area contributed by atoms with Gasteiger partial charge in [0.2, 0.25) is 0 Å². The molecule has 0 amide bonds. The minimum Gasteiger partial charge on any atom is -0.393 e. The summed E-state index contributed by atoms with van der Waals surface area (Å²) >= 11 is 0. The first-order chi connectivity index (χ1) is 13.9. The Morgan fingerprint density at radius 3 is 2.60 bits per heavy atom. The Morgan fingerprint density at radius 1 is 1.23 bits per heavy atom. The monoisotopic (exact) mass is 418 g/mol. The minimum absolute atomic E-state index is 0.0152. The predicted molar refractivity (Wildman–Crippen MR) is 107 cm³/mol. The van der Waals surface area contributed by atoms with E-state index in [9.17, 15) is 14.7 Å². The molecule has 1 N–H and O–H groups in total. The molecule has 0 spiro atoms. The number of carbonyl (C=O) groups excluding carboxylic acids is 2. The van der Waals surface area contributed by atoms with Crippen molar-refractivity contribution in [3.05, 3.63) is 23.8 Å². The third-order valence-electron chi connectivity index (χ3n) is 8.99. The standard InChI is InChI=1S/C24H31FO5/c1-12(26)24-19(29-21(2,3)30-24)10-15-14-9-17(25)16-8-13(27)6-7-22(16,4)20(14)18(28)11-23(15,24)5/h6-8,14-15,17-20,28H,9-11H2,1-5H3/t14-,15-,17-,18-,19+,20+,22-,23-,24+/m0/s1.